The first-order valence-corrected chi connectivity index (χ1v) is 16.0. The fraction of sp³-hybridized carbons (Fsp3) is 0.353. The van der Waals surface area contributed by atoms with Crippen LogP contribution >= 0.6 is 0 Å². The highest BCUT2D eigenvalue weighted by Crippen LogP contribution is 2.34. The van der Waals surface area contributed by atoms with Gasteiger partial charge < -0.3 is 50.0 Å². The Morgan fingerprint density at radius 1 is 0.896 bits per heavy atom. The molecule has 48 heavy (non-hydrogen) atoms. The number of hydrogen-bond acceptors (Lipinski definition) is 11. The lowest BCUT2D eigenvalue weighted by Crippen LogP contribution is -2.62. The third-order valence-electron chi connectivity index (χ3n) is 9.32. The molecule has 2 aliphatic heterocycles. The Morgan fingerprint density at radius 2 is 1.54 bits per heavy atom. The maximum absolute atomic E-state index is 12.7. The number of carbonyl (C=O) groups is 1. The molecule has 6 atom stereocenters. The highest BCUT2D eigenvalue weighted by molar-refractivity contribution is 6.62. The number of aliphatic hydroxyl groups excluding tert-OH is 4. The summed E-state index contributed by atoms with van der Waals surface area (Å²) >= 11 is 0. The van der Waals surface area contributed by atoms with Gasteiger partial charge in [-0.05, 0) is 42.8 Å². The van der Waals surface area contributed by atoms with Crippen molar-refractivity contribution in [2.24, 2.45) is 4.99 Å². The van der Waals surface area contributed by atoms with Gasteiger partial charge in [0.2, 0.25) is 5.91 Å². The van der Waals surface area contributed by atoms with Crippen LogP contribution in [0.3, 0.4) is 0 Å². The molecule has 1 saturated carbocycles. The predicted molar refractivity (Wildman–Crippen MR) is 180 cm³/mol. The summed E-state index contributed by atoms with van der Waals surface area (Å²) in [5, 5.41) is 55.9. The normalized spacial score (nSPS) is 26.9. The van der Waals surface area contributed by atoms with Gasteiger partial charge in [0.15, 0.2) is 5.88 Å². The summed E-state index contributed by atoms with van der Waals surface area (Å²) in [6.45, 7) is 3.93. The summed E-state index contributed by atoms with van der Waals surface area (Å²) in [7, 11) is 1.08. The van der Waals surface area contributed by atoms with Crippen molar-refractivity contribution in [3.05, 3.63) is 83.9 Å². The van der Waals surface area contributed by atoms with E-state index in [0.29, 0.717) is 45.6 Å². The quantitative estimate of drug-likeness (QED) is 0.107. The van der Waals surface area contributed by atoms with Crippen molar-refractivity contribution in [3.63, 3.8) is 0 Å². The molecular weight excluding hydrogens is 617 g/mol. The van der Waals surface area contributed by atoms with Gasteiger partial charge in [0, 0.05) is 48.3 Å². The standard InChI is InChI=1S/C34H38BN5O8/c1-39-13-15-40(16-14-39)18-25(41)36-21-8-10-22(11-9-21)37-27(19-5-3-2-4-6-19)26-23-12-7-20(17-24(23)38-34(26)46)35-47-32-30(44)28(42)29(43)31(45)33(32)48-35/h2-12,17,28-33,38,42-46H,13-16,18H2,1H3,(H,36,41)/t28-,29-,30-,31+,32-,33-/m1/s1. The smallest absolute Gasteiger partial charge is 0.494 e. The summed E-state index contributed by atoms with van der Waals surface area (Å²) in [6, 6.07) is 22.0. The van der Waals surface area contributed by atoms with Crippen LogP contribution in [0.1, 0.15) is 11.1 Å². The Balaban J connectivity index is 1.14. The number of aliphatic imine (C=N–C) groups is 1. The Bertz CT molecular complexity index is 1770. The minimum absolute atomic E-state index is 0.0708. The van der Waals surface area contributed by atoms with Crippen LogP contribution in [0.25, 0.3) is 10.9 Å². The molecule has 3 aromatic carbocycles. The van der Waals surface area contributed by atoms with Gasteiger partial charge in [-0.25, -0.2) is 4.99 Å². The summed E-state index contributed by atoms with van der Waals surface area (Å²) in [6.07, 6.45) is -8.13. The second-order valence-corrected chi connectivity index (χ2v) is 12.7. The van der Waals surface area contributed by atoms with Gasteiger partial charge in [-0.3, -0.25) is 9.69 Å². The fourth-order valence-corrected chi connectivity index (χ4v) is 6.58. The van der Waals surface area contributed by atoms with Crippen LogP contribution < -0.4 is 10.8 Å². The highest BCUT2D eigenvalue weighted by Gasteiger charge is 2.56. The van der Waals surface area contributed by atoms with Gasteiger partial charge in [-0.1, -0.05) is 42.5 Å². The van der Waals surface area contributed by atoms with Gasteiger partial charge in [-0.15, -0.1) is 0 Å². The maximum Gasteiger partial charge on any atom is 0.494 e. The largest absolute Gasteiger partial charge is 0.494 e. The number of amides is 1. The fourth-order valence-electron chi connectivity index (χ4n) is 6.58. The third-order valence-corrected chi connectivity index (χ3v) is 9.32. The average Bonchev–Trinajstić information content (AvgIpc) is 3.68. The number of piperazine rings is 1. The number of carbonyl (C=O) groups excluding carboxylic acids is 1. The first-order valence-electron chi connectivity index (χ1n) is 16.0. The Morgan fingerprint density at radius 3 is 2.19 bits per heavy atom. The number of benzene rings is 3. The van der Waals surface area contributed by atoms with Crippen LogP contribution in [0.4, 0.5) is 11.4 Å². The molecular formula is C34H38BN5O8. The SMILES string of the molecule is CN1CCN(CC(=O)Nc2ccc(N=C(c3ccccc3)c3c(O)[nH]c4cc(B5O[C@@H]6[C@H](O)[C@H](O)[C@@H](O)[C@H](O)[C@H]6O5)ccc34)cc2)CC1. The summed E-state index contributed by atoms with van der Waals surface area (Å²) in [5.74, 6) is -0.171. The summed E-state index contributed by atoms with van der Waals surface area (Å²) in [5.41, 5.74) is 4.15. The van der Waals surface area contributed by atoms with Crippen LogP contribution in [-0.4, -0.2) is 135 Å². The molecule has 1 amide bonds. The number of aliphatic hydroxyl groups is 4. The zero-order valence-corrected chi connectivity index (χ0v) is 26.3. The number of fused-ring (bicyclic) bond motifs is 2. The van der Waals surface area contributed by atoms with Crippen LogP contribution in [0.2, 0.25) is 0 Å². The van der Waals surface area contributed by atoms with Crippen molar-refractivity contribution in [2.45, 2.75) is 36.6 Å². The number of hydrogen-bond donors (Lipinski definition) is 7. The van der Waals surface area contributed by atoms with Crippen molar-refractivity contribution in [3.8, 4) is 5.88 Å². The number of anilines is 1. The average molecular weight is 656 g/mol. The van der Waals surface area contributed by atoms with Crippen LogP contribution in [0.15, 0.2) is 77.8 Å². The van der Waals surface area contributed by atoms with Gasteiger partial charge >= 0.3 is 7.12 Å². The number of nitrogens with zero attached hydrogens (tertiary/aromatic N) is 3. The minimum atomic E-state index is -1.58. The number of nitrogens with one attached hydrogen (secondary N) is 2. The van der Waals surface area contributed by atoms with Crippen LogP contribution in [0, 0.1) is 0 Å². The molecule has 0 bridgehead atoms. The van der Waals surface area contributed by atoms with E-state index in [4.69, 9.17) is 14.3 Å². The van der Waals surface area contributed by atoms with E-state index in [-0.39, 0.29) is 11.8 Å². The second kappa shape index (κ2) is 13.4. The summed E-state index contributed by atoms with van der Waals surface area (Å²) in [4.78, 5) is 25.0. The molecule has 1 aliphatic carbocycles. The predicted octanol–water partition coefficient (Wildman–Crippen LogP) is 0.165. The molecule has 0 unspecified atom stereocenters. The van der Waals surface area contributed by atoms with E-state index in [1.54, 1.807) is 30.3 Å². The highest BCUT2D eigenvalue weighted by atomic mass is 16.7. The first kappa shape index (κ1) is 32.4. The summed E-state index contributed by atoms with van der Waals surface area (Å²) < 4.78 is 11.8. The van der Waals surface area contributed by atoms with Crippen LogP contribution in [-0.2, 0) is 14.1 Å². The molecule has 7 N–H and O–H groups in total. The van der Waals surface area contributed by atoms with Gasteiger partial charge in [-0.2, -0.15) is 0 Å². The van der Waals surface area contributed by atoms with E-state index in [1.165, 1.54) is 0 Å². The molecule has 14 heteroatoms. The van der Waals surface area contributed by atoms with E-state index in [1.807, 2.05) is 42.5 Å². The molecule has 3 heterocycles. The monoisotopic (exact) mass is 655 g/mol. The lowest BCUT2D eigenvalue weighted by molar-refractivity contribution is -0.192. The topological polar surface area (TPSA) is 183 Å². The second-order valence-electron chi connectivity index (χ2n) is 12.7. The molecule has 250 valence electrons. The molecule has 7 rings (SSSR count). The van der Waals surface area contributed by atoms with E-state index < -0.39 is 43.7 Å². The van der Waals surface area contributed by atoms with Crippen molar-refractivity contribution in [2.75, 3.05) is 45.1 Å². The van der Waals surface area contributed by atoms with Crippen molar-refractivity contribution in [1.82, 2.24) is 14.8 Å². The minimum Gasteiger partial charge on any atom is -0.494 e. The number of aromatic nitrogens is 1. The molecule has 3 fully saturated rings. The zero-order chi connectivity index (χ0) is 33.5. The van der Waals surface area contributed by atoms with Gasteiger partial charge in [0.05, 0.1) is 35.7 Å². The number of aromatic amines is 1. The van der Waals surface area contributed by atoms with E-state index in [2.05, 4.69) is 27.1 Å². The Kier molecular flexibility index (Phi) is 9.07. The lowest BCUT2D eigenvalue weighted by Gasteiger charge is -2.39. The van der Waals surface area contributed by atoms with Gasteiger partial charge in [0.1, 0.15) is 24.4 Å². The Hall–Kier alpha value is -4.12. The first-order chi connectivity index (χ1) is 23.2. The lowest BCUT2D eigenvalue weighted by atomic mass is 9.79. The molecule has 4 aromatic rings. The van der Waals surface area contributed by atoms with E-state index in [9.17, 15) is 30.3 Å². The van der Waals surface area contributed by atoms with E-state index >= 15 is 0 Å². The van der Waals surface area contributed by atoms with Gasteiger partial charge in [0.25, 0.3) is 0 Å². The molecule has 0 spiro atoms. The molecule has 1 aromatic heterocycles. The number of rotatable bonds is 7. The molecule has 3 aliphatic rings. The van der Waals surface area contributed by atoms with E-state index in [0.717, 1.165) is 31.7 Å². The number of likely N-dealkylation sites (N-methyl/N-ethyl adjacent to an activating group) is 1. The van der Waals surface area contributed by atoms with Crippen LogP contribution in [0.5, 0.6) is 5.88 Å². The van der Waals surface area contributed by atoms with Crippen molar-refractivity contribution >= 4 is 46.5 Å². The number of H-pyrrole nitrogens is 1. The molecule has 2 saturated heterocycles. The molecule has 0 radical (unpaired) electrons. The number of aromatic hydroxyl groups is 1. The van der Waals surface area contributed by atoms with Crippen molar-refractivity contribution in [1.29, 1.82) is 0 Å². The maximum atomic E-state index is 12.7. The Labute approximate surface area is 277 Å². The van der Waals surface area contributed by atoms with Crippen molar-refractivity contribution < 1.29 is 39.6 Å². The molecule has 13 nitrogen and oxygen atoms in total. The third kappa shape index (κ3) is 6.36. The zero-order valence-electron chi connectivity index (χ0n) is 26.3.